The van der Waals surface area contributed by atoms with Gasteiger partial charge in [-0.05, 0) is 33.4 Å². The van der Waals surface area contributed by atoms with Gasteiger partial charge in [0.05, 0.1) is 24.0 Å². The molecule has 2 N–H and O–H groups in total. The highest BCUT2D eigenvalue weighted by Crippen LogP contribution is 2.42. The number of amides is 2. The molecule has 0 aliphatic carbocycles. The highest BCUT2D eigenvalue weighted by atomic mass is 16.2. The van der Waals surface area contributed by atoms with Gasteiger partial charge in [-0.15, -0.1) is 0 Å². The molecule has 58 heavy (non-hydrogen) atoms. The molecule has 0 saturated carbocycles. The number of carbonyl (C=O) groups excluding carboxylic acids is 2. The van der Waals surface area contributed by atoms with Crippen LogP contribution in [0.3, 0.4) is 0 Å². The summed E-state index contributed by atoms with van der Waals surface area (Å²) in [5.41, 5.74) is 6.31. The van der Waals surface area contributed by atoms with Crippen LogP contribution in [0, 0.1) is 0 Å². The summed E-state index contributed by atoms with van der Waals surface area (Å²) in [6, 6.07) is 60.6. The molecule has 1 aliphatic heterocycles. The van der Waals surface area contributed by atoms with Crippen molar-refractivity contribution in [3.05, 3.63) is 252 Å². The van der Waals surface area contributed by atoms with Gasteiger partial charge in [0.15, 0.2) is 0 Å². The van der Waals surface area contributed by atoms with Crippen LogP contribution < -0.4 is 10.6 Å². The number of nitrogens with zero attached hydrogens (tertiary/aromatic N) is 4. The first-order valence-electron chi connectivity index (χ1n) is 19.6. The minimum atomic E-state index is -0.786. The molecular formula is C50H42N6O2. The predicted molar refractivity (Wildman–Crippen MR) is 225 cm³/mol. The number of aromatic nitrogens is 4. The molecule has 1 aliphatic rings. The van der Waals surface area contributed by atoms with Gasteiger partial charge in [-0.3, -0.25) is 9.59 Å². The van der Waals surface area contributed by atoms with E-state index in [-0.39, 0.29) is 24.7 Å². The van der Waals surface area contributed by atoms with Crippen molar-refractivity contribution < 1.29 is 9.59 Å². The van der Waals surface area contributed by atoms with E-state index in [1.54, 1.807) is 0 Å². The molecule has 2 atom stereocenters. The molecule has 1 fully saturated rings. The zero-order valence-corrected chi connectivity index (χ0v) is 31.8. The van der Waals surface area contributed by atoms with E-state index in [4.69, 9.17) is 9.97 Å². The van der Waals surface area contributed by atoms with Gasteiger partial charge in [0.25, 0.3) is 0 Å². The Balaban J connectivity index is 0.980. The van der Waals surface area contributed by atoms with Crippen molar-refractivity contribution >= 4 is 11.8 Å². The molecule has 2 amide bonds. The average molecular weight is 759 g/mol. The van der Waals surface area contributed by atoms with Crippen LogP contribution in [0.2, 0.25) is 0 Å². The quantitative estimate of drug-likeness (QED) is 0.126. The van der Waals surface area contributed by atoms with Crippen LogP contribution in [0.5, 0.6) is 0 Å². The lowest BCUT2D eigenvalue weighted by Crippen LogP contribution is -2.62. The van der Waals surface area contributed by atoms with Gasteiger partial charge in [-0.2, -0.15) is 0 Å². The SMILES string of the molecule is O=C1N[C@@H](Cc2cn(C(c3ccccc3)(c3ccccc3)c3ccccc3)cn2)C(=O)N[C@H]1Cc1cn(C(c2ccccc2)(c2ccccc2)c2ccccc2)cn1. The fourth-order valence-corrected chi connectivity index (χ4v) is 8.66. The highest BCUT2D eigenvalue weighted by molar-refractivity contribution is 5.97. The first-order valence-corrected chi connectivity index (χ1v) is 19.6. The number of piperazine rings is 1. The molecule has 8 nitrogen and oxygen atoms in total. The zero-order valence-electron chi connectivity index (χ0n) is 31.8. The van der Waals surface area contributed by atoms with Gasteiger partial charge >= 0.3 is 0 Å². The van der Waals surface area contributed by atoms with Gasteiger partial charge in [0.1, 0.15) is 23.2 Å². The summed E-state index contributed by atoms with van der Waals surface area (Å²) in [5, 5.41) is 6.02. The predicted octanol–water partition coefficient (Wildman–Crippen LogP) is 7.53. The van der Waals surface area contributed by atoms with Crippen LogP contribution in [0.15, 0.2) is 207 Å². The number of carbonyl (C=O) groups is 2. The molecule has 0 unspecified atom stereocenters. The first-order chi connectivity index (χ1) is 28.6. The van der Waals surface area contributed by atoms with Gasteiger partial charge in [-0.25, -0.2) is 9.97 Å². The molecule has 284 valence electrons. The maximum absolute atomic E-state index is 13.7. The zero-order chi connectivity index (χ0) is 39.4. The van der Waals surface area contributed by atoms with Crippen LogP contribution in [0.4, 0.5) is 0 Å². The third kappa shape index (κ3) is 6.48. The second-order valence-corrected chi connectivity index (χ2v) is 14.7. The molecule has 0 radical (unpaired) electrons. The Bertz CT molecular complexity index is 2230. The number of benzene rings is 6. The number of hydrogen-bond acceptors (Lipinski definition) is 4. The third-order valence-electron chi connectivity index (χ3n) is 11.3. The van der Waals surface area contributed by atoms with E-state index in [1.165, 1.54) is 0 Å². The molecular weight excluding hydrogens is 717 g/mol. The number of hydrogen-bond donors (Lipinski definition) is 2. The Morgan fingerprint density at radius 1 is 0.397 bits per heavy atom. The average Bonchev–Trinajstić information content (AvgIpc) is 3.96. The number of nitrogens with one attached hydrogen (secondary N) is 2. The Kier molecular flexibility index (Phi) is 9.81. The summed E-state index contributed by atoms with van der Waals surface area (Å²) in [4.78, 5) is 37.1. The van der Waals surface area contributed by atoms with E-state index in [1.807, 2.05) is 134 Å². The lowest BCUT2D eigenvalue weighted by Gasteiger charge is -2.37. The van der Waals surface area contributed by atoms with E-state index in [9.17, 15) is 9.59 Å². The van der Waals surface area contributed by atoms with Crippen LogP contribution in [0.25, 0.3) is 0 Å². The molecule has 2 aromatic heterocycles. The maximum Gasteiger partial charge on any atom is 0.243 e. The molecule has 1 saturated heterocycles. The minimum absolute atomic E-state index is 0.230. The van der Waals surface area contributed by atoms with Gasteiger partial charge < -0.3 is 19.8 Å². The van der Waals surface area contributed by atoms with Crippen LogP contribution in [0.1, 0.15) is 44.8 Å². The van der Waals surface area contributed by atoms with Gasteiger partial charge in [-0.1, -0.05) is 182 Å². The Hall–Kier alpha value is -7.32. The van der Waals surface area contributed by atoms with Crippen LogP contribution in [-0.2, 0) is 33.5 Å². The Morgan fingerprint density at radius 3 is 0.879 bits per heavy atom. The number of imidazole rings is 2. The fourth-order valence-electron chi connectivity index (χ4n) is 8.66. The lowest BCUT2D eigenvalue weighted by atomic mass is 9.77. The molecule has 6 aromatic carbocycles. The summed E-state index contributed by atoms with van der Waals surface area (Å²) in [6.07, 6.45) is 8.09. The van der Waals surface area contributed by atoms with Crippen molar-refractivity contribution in [1.82, 2.24) is 29.7 Å². The second kappa shape index (κ2) is 15.7. The van der Waals surface area contributed by atoms with Crippen molar-refractivity contribution in [3.8, 4) is 0 Å². The van der Waals surface area contributed by atoms with E-state index < -0.39 is 23.2 Å². The Labute approximate surface area is 337 Å². The molecule has 8 heteroatoms. The monoisotopic (exact) mass is 758 g/mol. The van der Waals surface area contributed by atoms with Gasteiger partial charge in [0.2, 0.25) is 11.8 Å². The summed E-state index contributed by atoms with van der Waals surface area (Å²) in [6.45, 7) is 0. The third-order valence-corrected chi connectivity index (χ3v) is 11.3. The molecule has 0 bridgehead atoms. The largest absolute Gasteiger partial charge is 0.342 e. The normalized spacial score (nSPS) is 15.7. The van der Waals surface area contributed by atoms with E-state index in [2.05, 4.69) is 92.6 Å². The molecule has 0 spiro atoms. The number of rotatable bonds is 12. The second-order valence-electron chi connectivity index (χ2n) is 14.7. The van der Waals surface area contributed by atoms with Crippen molar-refractivity contribution in [1.29, 1.82) is 0 Å². The summed E-state index contributed by atoms with van der Waals surface area (Å²) >= 11 is 0. The van der Waals surface area contributed by atoms with Crippen molar-refractivity contribution in [2.75, 3.05) is 0 Å². The van der Waals surface area contributed by atoms with E-state index >= 15 is 0 Å². The van der Waals surface area contributed by atoms with Crippen LogP contribution in [-0.4, -0.2) is 43.0 Å². The maximum atomic E-state index is 13.7. The standard InChI is InChI=1S/C50H42N6O2/c57-47-45(31-43-33-55(35-51-43)49(37-19-7-1-8-20-37,38-21-9-2-10-22-38)39-23-11-3-12-24-39)53-48(58)46(54-47)32-44-34-56(36-52-44)50(40-25-13-4-14-26-40,41-27-15-5-16-28-41)42-29-17-6-18-30-42/h1-30,33-36,45-46H,31-32H2,(H,53,58)(H,54,57)/t45-,46-/m0/s1. The molecule has 3 heterocycles. The van der Waals surface area contributed by atoms with Gasteiger partial charge in [0, 0.05) is 25.2 Å². The molecule has 8 aromatic rings. The highest BCUT2D eigenvalue weighted by Gasteiger charge is 2.41. The Morgan fingerprint density at radius 2 is 0.638 bits per heavy atom. The fraction of sp³-hybridized carbons (Fsp3) is 0.120. The summed E-state index contributed by atoms with van der Waals surface area (Å²) in [5.74, 6) is -0.516. The van der Waals surface area contributed by atoms with Crippen molar-refractivity contribution in [2.45, 2.75) is 36.0 Å². The smallest absolute Gasteiger partial charge is 0.243 e. The minimum Gasteiger partial charge on any atom is -0.342 e. The van der Waals surface area contributed by atoms with E-state index in [0.717, 1.165) is 33.4 Å². The lowest BCUT2D eigenvalue weighted by molar-refractivity contribution is -0.136. The van der Waals surface area contributed by atoms with Crippen LogP contribution >= 0.6 is 0 Å². The van der Waals surface area contributed by atoms with Crippen molar-refractivity contribution in [2.24, 2.45) is 0 Å². The molecule has 9 rings (SSSR count). The van der Waals surface area contributed by atoms with E-state index in [0.29, 0.717) is 11.4 Å². The van der Waals surface area contributed by atoms with Crippen molar-refractivity contribution in [3.63, 3.8) is 0 Å². The first kappa shape index (κ1) is 36.3. The summed E-state index contributed by atoms with van der Waals surface area (Å²) < 4.78 is 4.23. The topological polar surface area (TPSA) is 93.8 Å². The summed E-state index contributed by atoms with van der Waals surface area (Å²) in [7, 11) is 0.